The number of nitrogens with one attached hydrogen (secondary N) is 5. The van der Waals surface area contributed by atoms with Crippen molar-refractivity contribution in [3.8, 4) is 11.1 Å². The first-order valence-corrected chi connectivity index (χ1v) is 13.8. The molecule has 2 aromatic rings. The molecule has 0 fully saturated rings. The summed E-state index contributed by atoms with van der Waals surface area (Å²) in [6.07, 6.45) is 0.0905. The van der Waals surface area contributed by atoms with Gasteiger partial charge < -0.3 is 32.3 Å². The normalized spacial score (nSPS) is 24.2. The van der Waals surface area contributed by atoms with Crippen LogP contribution in [0.25, 0.3) is 11.1 Å². The molecule has 7 N–H and O–H groups in total. The van der Waals surface area contributed by atoms with Gasteiger partial charge in [-0.15, -0.1) is 0 Å². The summed E-state index contributed by atoms with van der Waals surface area (Å²) in [6.45, 7) is 5.55. The van der Waals surface area contributed by atoms with E-state index in [0.717, 1.165) is 0 Å². The zero-order chi connectivity index (χ0) is 31.1. The third-order valence-electron chi connectivity index (χ3n) is 6.76. The Morgan fingerprint density at radius 3 is 1.93 bits per heavy atom. The number of hydrogen-bond acceptors (Lipinski definition) is 6. The summed E-state index contributed by atoms with van der Waals surface area (Å²) in [5.41, 5.74) is 8.31. The lowest BCUT2D eigenvalue weighted by atomic mass is 9.92. The number of nitrogens with two attached hydrogens (primary N) is 1. The number of hydrogen-bond donors (Lipinski definition) is 6. The lowest BCUT2D eigenvalue weighted by Gasteiger charge is -2.24. The number of fused-ring (bicyclic) bond motifs is 4. The van der Waals surface area contributed by atoms with Crippen molar-refractivity contribution in [3.63, 3.8) is 0 Å². The fourth-order valence-corrected chi connectivity index (χ4v) is 4.78. The summed E-state index contributed by atoms with van der Waals surface area (Å²) in [5.74, 6) is -3.80. The van der Waals surface area contributed by atoms with E-state index in [1.54, 1.807) is 36.4 Å². The quantitative estimate of drug-likeness (QED) is 0.284. The smallest absolute Gasteiger partial charge is 0.243 e. The van der Waals surface area contributed by atoms with Crippen LogP contribution in [0.4, 0.5) is 0 Å². The molecular formula is C29H35ClN6O6. The Morgan fingerprint density at radius 1 is 0.810 bits per heavy atom. The van der Waals surface area contributed by atoms with Gasteiger partial charge in [-0.2, -0.15) is 0 Å². The summed E-state index contributed by atoms with van der Waals surface area (Å²) in [6, 6.07) is 7.03. The van der Waals surface area contributed by atoms with Crippen LogP contribution in [0.2, 0.25) is 5.02 Å². The van der Waals surface area contributed by atoms with Crippen molar-refractivity contribution in [2.24, 2.45) is 5.73 Å². The average Bonchev–Trinajstić information content (AvgIpc) is 2.91. The standard InChI is InChI=1S/C29H35ClN6O6/c1-14-26(39)33-16(3)28(41)36-23(25(31)38)13-19-7-5-6-8-22(19)20-9-18(10-21(30)12-20)11-24(35-17(4)37)29(42)34-15(2)27(40)32-14/h5-10,12,14-16,23-24H,11,13H2,1-4H3,(H2,31,38)(H,32,40)(H,33,39)(H,34,42)(H,35,37)(H,36,41)/t14-,15-,16-,23-,24-/m0/s1. The van der Waals surface area contributed by atoms with Crippen LogP contribution in [0, 0.1) is 0 Å². The molecule has 12 nitrogen and oxygen atoms in total. The summed E-state index contributed by atoms with van der Waals surface area (Å²) < 4.78 is 0. The molecule has 2 aromatic carbocycles. The van der Waals surface area contributed by atoms with E-state index in [0.29, 0.717) is 27.3 Å². The van der Waals surface area contributed by atoms with Crippen molar-refractivity contribution < 1.29 is 28.8 Å². The molecular weight excluding hydrogens is 564 g/mol. The predicted molar refractivity (Wildman–Crippen MR) is 156 cm³/mol. The molecule has 0 saturated carbocycles. The molecule has 0 aromatic heterocycles. The fraction of sp³-hybridized carbons (Fsp3) is 0.379. The van der Waals surface area contributed by atoms with E-state index in [9.17, 15) is 28.8 Å². The first kappa shape index (κ1) is 32.1. The van der Waals surface area contributed by atoms with E-state index >= 15 is 0 Å². The summed E-state index contributed by atoms with van der Waals surface area (Å²) >= 11 is 6.47. The second-order valence-corrected chi connectivity index (χ2v) is 10.8. The molecule has 1 aliphatic heterocycles. The summed E-state index contributed by atoms with van der Waals surface area (Å²) in [7, 11) is 0. The van der Waals surface area contributed by atoms with E-state index in [1.165, 1.54) is 27.7 Å². The van der Waals surface area contributed by atoms with Crippen LogP contribution in [-0.2, 0) is 41.6 Å². The second-order valence-electron chi connectivity index (χ2n) is 10.3. The highest BCUT2D eigenvalue weighted by Crippen LogP contribution is 2.29. The number of primary amides is 1. The fourth-order valence-electron chi connectivity index (χ4n) is 4.52. The van der Waals surface area contributed by atoms with Gasteiger partial charge in [-0.25, -0.2) is 0 Å². The van der Waals surface area contributed by atoms with Crippen molar-refractivity contribution >= 4 is 47.0 Å². The molecule has 0 unspecified atom stereocenters. The van der Waals surface area contributed by atoms with E-state index < -0.39 is 65.7 Å². The molecule has 0 spiro atoms. The molecule has 224 valence electrons. The minimum absolute atomic E-state index is 0.0427. The Balaban J connectivity index is 2.08. The third kappa shape index (κ3) is 8.53. The topological polar surface area (TPSA) is 189 Å². The first-order chi connectivity index (χ1) is 19.7. The van der Waals surface area contributed by atoms with Gasteiger partial charge in [0.05, 0.1) is 0 Å². The maximum atomic E-state index is 13.2. The molecule has 42 heavy (non-hydrogen) atoms. The number of rotatable bonds is 2. The van der Waals surface area contributed by atoms with Gasteiger partial charge in [0.1, 0.15) is 30.2 Å². The van der Waals surface area contributed by atoms with Crippen LogP contribution in [-0.4, -0.2) is 65.7 Å². The molecule has 2 bridgehead atoms. The van der Waals surface area contributed by atoms with Crippen LogP contribution in [0.5, 0.6) is 0 Å². The van der Waals surface area contributed by atoms with Gasteiger partial charge in [0.2, 0.25) is 35.4 Å². The first-order valence-electron chi connectivity index (χ1n) is 13.4. The van der Waals surface area contributed by atoms with E-state index in [1.807, 2.05) is 6.07 Å². The van der Waals surface area contributed by atoms with Gasteiger partial charge in [0, 0.05) is 24.8 Å². The van der Waals surface area contributed by atoms with Crippen molar-refractivity contribution in [1.29, 1.82) is 0 Å². The molecule has 1 heterocycles. The monoisotopic (exact) mass is 598 g/mol. The van der Waals surface area contributed by atoms with Crippen LogP contribution < -0.4 is 32.3 Å². The maximum absolute atomic E-state index is 13.2. The van der Waals surface area contributed by atoms with Gasteiger partial charge in [-0.3, -0.25) is 28.8 Å². The largest absolute Gasteiger partial charge is 0.368 e. The third-order valence-corrected chi connectivity index (χ3v) is 6.98. The van der Waals surface area contributed by atoms with Gasteiger partial charge in [-0.1, -0.05) is 41.9 Å². The van der Waals surface area contributed by atoms with Crippen molar-refractivity contribution in [2.45, 2.75) is 70.7 Å². The Bertz CT molecular complexity index is 1400. The van der Waals surface area contributed by atoms with Crippen LogP contribution >= 0.6 is 11.6 Å². The number of halogens is 1. The van der Waals surface area contributed by atoms with E-state index in [2.05, 4.69) is 26.6 Å². The number of amides is 6. The Kier molecular flexibility index (Phi) is 10.6. The molecule has 13 heteroatoms. The maximum Gasteiger partial charge on any atom is 0.243 e. The molecule has 0 radical (unpaired) electrons. The van der Waals surface area contributed by atoms with Crippen LogP contribution in [0.1, 0.15) is 38.8 Å². The zero-order valence-corrected chi connectivity index (χ0v) is 24.5. The molecule has 6 amide bonds. The van der Waals surface area contributed by atoms with Gasteiger partial charge >= 0.3 is 0 Å². The van der Waals surface area contributed by atoms with Crippen molar-refractivity contribution in [1.82, 2.24) is 26.6 Å². The Morgan fingerprint density at radius 2 is 1.36 bits per heavy atom. The second kappa shape index (κ2) is 13.9. The average molecular weight is 599 g/mol. The Hall–Kier alpha value is -4.45. The lowest BCUT2D eigenvalue weighted by Crippen LogP contribution is -2.57. The Labute approximate surface area is 248 Å². The summed E-state index contributed by atoms with van der Waals surface area (Å²) in [5, 5.41) is 13.1. The van der Waals surface area contributed by atoms with Crippen LogP contribution in [0.3, 0.4) is 0 Å². The van der Waals surface area contributed by atoms with Gasteiger partial charge in [-0.05, 0) is 55.2 Å². The lowest BCUT2D eigenvalue weighted by molar-refractivity contribution is -0.134. The number of carbonyl (C=O) groups is 6. The number of benzene rings is 2. The van der Waals surface area contributed by atoms with Gasteiger partial charge in [0.15, 0.2) is 0 Å². The van der Waals surface area contributed by atoms with E-state index in [4.69, 9.17) is 17.3 Å². The minimum atomic E-state index is -1.10. The van der Waals surface area contributed by atoms with Crippen molar-refractivity contribution in [3.05, 3.63) is 58.6 Å². The van der Waals surface area contributed by atoms with Gasteiger partial charge in [0.25, 0.3) is 0 Å². The molecule has 1 aliphatic rings. The molecule has 0 aliphatic carbocycles. The van der Waals surface area contributed by atoms with E-state index in [-0.39, 0.29) is 12.8 Å². The highest BCUT2D eigenvalue weighted by atomic mass is 35.5. The highest BCUT2D eigenvalue weighted by molar-refractivity contribution is 6.31. The molecule has 5 atom stereocenters. The highest BCUT2D eigenvalue weighted by Gasteiger charge is 2.29. The SMILES string of the molecule is CC(=O)N[C@H]1Cc2cc(Cl)cc(c2)-c2ccccc2C[C@@H](C(N)=O)NC(=O)[C@H](C)NC(=O)[C@H](C)NC(=O)[C@H](C)NC1=O. The van der Waals surface area contributed by atoms with Crippen LogP contribution in [0.15, 0.2) is 42.5 Å². The number of carbonyl (C=O) groups excluding carboxylic acids is 6. The molecule has 0 saturated heterocycles. The zero-order valence-electron chi connectivity index (χ0n) is 23.7. The minimum Gasteiger partial charge on any atom is -0.368 e. The summed E-state index contributed by atoms with van der Waals surface area (Å²) in [4.78, 5) is 75.8. The molecule has 3 rings (SSSR count). The van der Waals surface area contributed by atoms with Crippen molar-refractivity contribution in [2.75, 3.05) is 0 Å². The predicted octanol–water partition coefficient (Wildman–Crippen LogP) is 0.0945.